The molecular formula is C27H25ClF2N6O2. The first kappa shape index (κ1) is 24.6. The number of nitrogens with zero attached hydrogens (tertiary/aromatic N) is 5. The first-order chi connectivity index (χ1) is 18.4. The maximum Gasteiger partial charge on any atom is 0.202 e. The van der Waals surface area contributed by atoms with Gasteiger partial charge in [0.25, 0.3) is 0 Å². The molecule has 1 saturated heterocycles. The Hall–Kier alpha value is -3.76. The van der Waals surface area contributed by atoms with Crippen molar-refractivity contribution in [3.63, 3.8) is 0 Å². The van der Waals surface area contributed by atoms with Crippen LogP contribution in [0.1, 0.15) is 18.4 Å². The standard InChI is InChI=1S/C27H25ClF2N6O2/c28-20-12-32-7-5-16(20)13-36(18-2-1-8-34(14-18)17-3-4-23(31)33-11-17)24-15-35-9-6-22(37)19-10-21(29)25(30)27(38-24)26(19)35/h3-7,9-12,18,24H,1-2,8,13-15H2,(H2,31,33). The molecular weight excluding hydrogens is 514 g/mol. The molecule has 0 radical (unpaired) electrons. The summed E-state index contributed by atoms with van der Waals surface area (Å²) in [5.74, 6) is -2.03. The van der Waals surface area contributed by atoms with Crippen LogP contribution in [0.4, 0.5) is 20.3 Å². The zero-order valence-corrected chi connectivity index (χ0v) is 21.1. The number of hydrogen-bond acceptors (Lipinski definition) is 7. The third kappa shape index (κ3) is 4.43. The molecule has 5 heterocycles. The summed E-state index contributed by atoms with van der Waals surface area (Å²) in [4.78, 5) is 25.1. The fourth-order valence-corrected chi connectivity index (χ4v) is 5.58. The summed E-state index contributed by atoms with van der Waals surface area (Å²) in [7, 11) is 0. The molecule has 0 saturated carbocycles. The van der Waals surface area contributed by atoms with Crippen molar-refractivity contribution in [2.75, 3.05) is 23.7 Å². The third-order valence-corrected chi connectivity index (χ3v) is 7.64. The summed E-state index contributed by atoms with van der Waals surface area (Å²) in [6.07, 6.45) is 7.73. The molecule has 0 spiro atoms. The van der Waals surface area contributed by atoms with Gasteiger partial charge in [-0.1, -0.05) is 11.6 Å². The Labute approximate surface area is 222 Å². The number of ether oxygens (including phenoxy) is 1. The first-order valence-corrected chi connectivity index (χ1v) is 12.8. The van der Waals surface area contributed by atoms with Crippen LogP contribution in [-0.4, -0.2) is 44.8 Å². The summed E-state index contributed by atoms with van der Waals surface area (Å²) in [5.41, 5.74) is 7.44. The number of pyridine rings is 3. The van der Waals surface area contributed by atoms with Crippen molar-refractivity contribution in [1.29, 1.82) is 0 Å². The lowest BCUT2D eigenvalue weighted by Gasteiger charge is -2.44. The largest absolute Gasteiger partial charge is 0.468 e. The van der Waals surface area contributed by atoms with Gasteiger partial charge in [-0.3, -0.25) is 14.7 Å². The van der Waals surface area contributed by atoms with Crippen molar-refractivity contribution in [3.05, 3.63) is 87.6 Å². The Balaban J connectivity index is 1.38. The molecule has 196 valence electrons. The monoisotopic (exact) mass is 538 g/mol. The van der Waals surface area contributed by atoms with Gasteiger partial charge in [0, 0.05) is 50.3 Å². The number of nitrogens with two attached hydrogens (primary N) is 1. The fourth-order valence-electron chi connectivity index (χ4n) is 5.40. The van der Waals surface area contributed by atoms with E-state index in [1.807, 2.05) is 12.1 Å². The number of nitrogen functional groups attached to an aromatic ring is 1. The van der Waals surface area contributed by atoms with E-state index >= 15 is 4.39 Å². The summed E-state index contributed by atoms with van der Waals surface area (Å²) >= 11 is 6.49. The number of halogens is 3. The van der Waals surface area contributed by atoms with Gasteiger partial charge in [-0.05, 0) is 42.7 Å². The molecule has 3 aromatic heterocycles. The van der Waals surface area contributed by atoms with Gasteiger partial charge >= 0.3 is 0 Å². The van der Waals surface area contributed by atoms with Crippen LogP contribution in [0.25, 0.3) is 10.9 Å². The van der Waals surface area contributed by atoms with Crippen molar-refractivity contribution in [2.24, 2.45) is 0 Å². The molecule has 4 aromatic rings. The molecule has 0 bridgehead atoms. The van der Waals surface area contributed by atoms with Crippen LogP contribution in [0.5, 0.6) is 5.75 Å². The molecule has 0 amide bonds. The summed E-state index contributed by atoms with van der Waals surface area (Å²) in [6.45, 7) is 2.23. The number of benzene rings is 1. The van der Waals surface area contributed by atoms with Gasteiger partial charge in [0.1, 0.15) is 5.82 Å². The summed E-state index contributed by atoms with van der Waals surface area (Å²) < 4.78 is 37.6. The van der Waals surface area contributed by atoms with Gasteiger partial charge in [0.2, 0.25) is 5.82 Å². The third-order valence-electron chi connectivity index (χ3n) is 7.30. The Bertz CT molecular complexity index is 1560. The first-order valence-electron chi connectivity index (χ1n) is 12.4. The van der Waals surface area contributed by atoms with Crippen LogP contribution in [0.15, 0.2) is 59.9 Å². The fraction of sp³-hybridized carbons (Fsp3) is 0.296. The van der Waals surface area contributed by atoms with Gasteiger partial charge in [0.05, 0.1) is 34.4 Å². The van der Waals surface area contributed by atoms with Crippen molar-refractivity contribution in [2.45, 2.75) is 38.2 Å². The van der Waals surface area contributed by atoms with Crippen molar-refractivity contribution in [1.82, 2.24) is 19.4 Å². The Kier molecular flexibility index (Phi) is 6.37. The average Bonchev–Trinajstić information content (AvgIpc) is 2.93. The molecule has 2 atom stereocenters. The van der Waals surface area contributed by atoms with E-state index in [9.17, 15) is 9.18 Å². The van der Waals surface area contributed by atoms with Crippen LogP contribution >= 0.6 is 11.6 Å². The molecule has 2 aliphatic rings. The number of hydrogen-bond donors (Lipinski definition) is 1. The van der Waals surface area contributed by atoms with E-state index in [-0.39, 0.29) is 28.1 Å². The minimum absolute atomic E-state index is 0.0106. The maximum absolute atomic E-state index is 15.1. The minimum Gasteiger partial charge on any atom is -0.468 e. The van der Waals surface area contributed by atoms with E-state index in [4.69, 9.17) is 22.1 Å². The van der Waals surface area contributed by atoms with E-state index < -0.39 is 17.9 Å². The molecule has 1 fully saturated rings. The molecule has 2 aliphatic heterocycles. The number of aromatic nitrogens is 3. The second-order valence-electron chi connectivity index (χ2n) is 9.63. The Morgan fingerprint density at radius 3 is 2.84 bits per heavy atom. The number of rotatable bonds is 5. The predicted molar refractivity (Wildman–Crippen MR) is 141 cm³/mol. The van der Waals surface area contributed by atoms with Crippen LogP contribution in [-0.2, 0) is 13.1 Å². The van der Waals surface area contributed by atoms with Crippen molar-refractivity contribution < 1.29 is 13.5 Å². The molecule has 11 heteroatoms. The molecule has 38 heavy (non-hydrogen) atoms. The maximum atomic E-state index is 15.1. The highest BCUT2D eigenvalue weighted by Gasteiger charge is 2.36. The predicted octanol–water partition coefficient (Wildman–Crippen LogP) is 4.20. The van der Waals surface area contributed by atoms with Crippen LogP contribution in [0.2, 0.25) is 5.02 Å². The highest BCUT2D eigenvalue weighted by Crippen LogP contribution is 2.36. The Morgan fingerprint density at radius 1 is 1.18 bits per heavy atom. The van der Waals surface area contributed by atoms with E-state index in [1.54, 1.807) is 35.4 Å². The van der Waals surface area contributed by atoms with Gasteiger partial charge < -0.3 is 19.9 Å². The van der Waals surface area contributed by atoms with Crippen molar-refractivity contribution >= 4 is 34.0 Å². The highest BCUT2D eigenvalue weighted by atomic mass is 35.5. The second-order valence-corrected chi connectivity index (χ2v) is 10.0. The SMILES string of the molecule is Nc1ccc(N2CCCC(N(Cc3ccncc3Cl)C3Cn4ccc(=O)c5cc(F)c(F)c(c54)O3)C2)cn1. The van der Waals surface area contributed by atoms with E-state index in [1.165, 1.54) is 6.07 Å². The molecule has 2 N–H and O–H groups in total. The minimum atomic E-state index is -1.12. The van der Waals surface area contributed by atoms with E-state index in [2.05, 4.69) is 19.8 Å². The van der Waals surface area contributed by atoms with Gasteiger partial charge in [0.15, 0.2) is 23.2 Å². The van der Waals surface area contributed by atoms with Gasteiger partial charge in [-0.25, -0.2) is 9.37 Å². The van der Waals surface area contributed by atoms with Crippen LogP contribution < -0.4 is 20.8 Å². The normalized spacial score (nSPS) is 19.1. The molecule has 0 aliphatic carbocycles. The van der Waals surface area contributed by atoms with Crippen molar-refractivity contribution in [3.8, 4) is 5.75 Å². The second kappa shape index (κ2) is 9.85. The van der Waals surface area contributed by atoms with E-state index in [0.29, 0.717) is 30.5 Å². The topological polar surface area (TPSA) is 89.5 Å². The molecule has 1 aromatic carbocycles. The highest BCUT2D eigenvalue weighted by molar-refractivity contribution is 6.31. The Morgan fingerprint density at radius 2 is 2.05 bits per heavy atom. The van der Waals surface area contributed by atoms with Gasteiger partial charge in [-0.2, -0.15) is 4.39 Å². The molecule has 6 rings (SSSR count). The molecule has 2 unspecified atom stereocenters. The van der Waals surface area contributed by atoms with Gasteiger partial charge in [-0.15, -0.1) is 0 Å². The summed E-state index contributed by atoms with van der Waals surface area (Å²) in [5, 5.41) is 0.593. The summed E-state index contributed by atoms with van der Waals surface area (Å²) in [6, 6.07) is 7.85. The average molecular weight is 539 g/mol. The number of anilines is 2. The van der Waals surface area contributed by atoms with E-state index in [0.717, 1.165) is 36.7 Å². The lowest BCUT2D eigenvalue weighted by atomic mass is 10.0. The lowest BCUT2D eigenvalue weighted by molar-refractivity contribution is -0.0334. The lowest BCUT2D eigenvalue weighted by Crippen LogP contribution is -2.55. The zero-order valence-electron chi connectivity index (χ0n) is 20.4. The quantitative estimate of drug-likeness (QED) is 0.407. The smallest absolute Gasteiger partial charge is 0.202 e. The zero-order chi connectivity index (χ0) is 26.4. The number of piperidine rings is 1. The van der Waals surface area contributed by atoms with Crippen LogP contribution in [0.3, 0.4) is 0 Å². The molecule has 8 nitrogen and oxygen atoms in total. The van der Waals surface area contributed by atoms with Crippen LogP contribution in [0, 0.1) is 11.6 Å².